The molecule has 0 rings (SSSR count). The Morgan fingerprint density at radius 2 is 0.838 bits per heavy atom. The summed E-state index contributed by atoms with van der Waals surface area (Å²) in [6, 6.07) is 0. The van der Waals surface area contributed by atoms with Gasteiger partial charge in [0, 0.05) is 6.42 Å². The molecule has 0 saturated carbocycles. The lowest BCUT2D eigenvalue weighted by atomic mass is 9.95. The van der Waals surface area contributed by atoms with Gasteiger partial charge in [-0.3, -0.25) is 4.79 Å². The lowest BCUT2D eigenvalue weighted by molar-refractivity contribution is -0.168. The standard InChI is InChI=1S/C34H68O3/c1-5-7-9-11-13-15-16-17-18-19-20-21-23-24-26-28-30-32(35)34(3,4)37-33(36)31-29-27-25-22-14-12-10-8-6-2/h32,35H,5-31H2,1-4H3. The van der Waals surface area contributed by atoms with Crippen LogP contribution >= 0.6 is 0 Å². The van der Waals surface area contributed by atoms with Gasteiger partial charge >= 0.3 is 5.97 Å². The SMILES string of the molecule is CCCCCCCCCCCCCCCCCCC(O)C(C)(C)OC(=O)CCCCCCCCCCC. The van der Waals surface area contributed by atoms with Gasteiger partial charge in [-0.05, 0) is 26.7 Å². The highest BCUT2D eigenvalue weighted by Crippen LogP contribution is 2.22. The molecule has 0 aliphatic heterocycles. The quantitative estimate of drug-likeness (QED) is 0.0781. The molecule has 1 unspecified atom stereocenters. The van der Waals surface area contributed by atoms with Crippen LogP contribution in [0.3, 0.4) is 0 Å². The third-order valence-electron chi connectivity index (χ3n) is 7.99. The van der Waals surface area contributed by atoms with Crippen LogP contribution in [0.15, 0.2) is 0 Å². The average molecular weight is 525 g/mol. The Balaban J connectivity index is 3.55. The monoisotopic (exact) mass is 525 g/mol. The molecule has 0 heterocycles. The number of unbranched alkanes of at least 4 members (excludes halogenated alkanes) is 23. The Morgan fingerprint density at radius 1 is 0.541 bits per heavy atom. The van der Waals surface area contributed by atoms with Gasteiger partial charge in [-0.15, -0.1) is 0 Å². The van der Waals surface area contributed by atoms with Gasteiger partial charge in [-0.2, -0.15) is 0 Å². The van der Waals surface area contributed by atoms with E-state index in [-0.39, 0.29) is 5.97 Å². The lowest BCUT2D eigenvalue weighted by Gasteiger charge is -2.30. The van der Waals surface area contributed by atoms with Gasteiger partial charge in [0.05, 0.1) is 6.10 Å². The van der Waals surface area contributed by atoms with E-state index in [0.717, 1.165) is 32.1 Å². The summed E-state index contributed by atoms with van der Waals surface area (Å²) in [5, 5.41) is 10.6. The van der Waals surface area contributed by atoms with E-state index in [2.05, 4.69) is 13.8 Å². The molecule has 222 valence electrons. The zero-order valence-electron chi connectivity index (χ0n) is 25.9. The number of hydrogen-bond donors (Lipinski definition) is 1. The number of carbonyl (C=O) groups is 1. The molecule has 0 aromatic carbocycles. The van der Waals surface area contributed by atoms with Crippen molar-refractivity contribution in [1.29, 1.82) is 0 Å². The Labute approximate surface area is 233 Å². The predicted octanol–water partition coefficient (Wildman–Crippen LogP) is 11.2. The van der Waals surface area contributed by atoms with Crippen LogP contribution in [0.1, 0.15) is 201 Å². The Hall–Kier alpha value is -0.570. The topological polar surface area (TPSA) is 46.5 Å². The van der Waals surface area contributed by atoms with Crippen LogP contribution in [-0.2, 0) is 9.53 Å². The highest BCUT2D eigenvalue weighted by Gasteiger charge is 2.31. The summed E-state index contributed by atoms with van der Waals surface area (Å²) in [7, 11) is 0. The lowest BCUT2D eigenvalue weighted by Crippen LogP contribution is -2.40. The van der Waals surface area contributed by atoms with Crippen molar-refractivity contribution in [2.24, 2.45) is 0 Å². The predicted molar refractivity (Wildman–Crippen MR) is 162 cm³/mol. The number of aliphatic hydroxyl groups excluding tert-OH is 1. The van der Waals surface area contributed by atoms with E-state index < -0.39 is 11.7 Å². The van der Waals surface area contributed by atoms with Crippen LogP contribution in [0.4, 0.5) is 0 Å². The molecular weight excluding hydrogens is 456 g/mol. The molecule has 0 aliphatic carbocycles. The molecule has 3 nitrogen and oxygen atoms in total. The molecule has 1 atom stereocenters. The second-order valence-electron chi connectivity index (χ2n) is 12.3. The minimum atomic E-state index is -0.786. The van der Waals surface area contributed by atoms with Gasteiger partial charge in [0.15, 0.2) is 0 Å². The van der Waals surface area contributed by atoms with Gasteiger partial charge < -0.3 is 9.84 Å². The average Bonchev–Trinajstić information content (AvgIpc) is 2.87. The van der Waals surface area contributed by atoms with Gasteiger partial charge in [0.25, 0.3) is 0 Å². The molecule has 0 spiro atoms. The molecule has 0 saturated heterocycles. The fourth-order valence-electron chi connectivity index (χ4n) is 5.23. The molecule has 0 aromatic rings. The summed E-state index contributed by atoms with van der Waals surface area (Å²) in [6.45, 7) is 8.25. The molecule has 37 heavy (non-hydrogen) atoms. The number of aliphatic hydroxyl groups is 1. The minimum Gasteiger partial charge on any atom is -0.457 e. The maximum absolute atomic E-state index is 12.3. The van der Waals surface area contributed by atoms with Crippen molar-refractivity contribution in [2.75, 3.05) is 0 Å². The van der Waals surface area contributed by atoms with E-state index in [1.54, 1.807) is 0 Å². The van der Waals surface area contributed by atoms with E-state index in [9.17, 15) is 9.90 Å². The highest BCUT2D eigenvalue weighted by atomic mass is 16.6. The van der Waals surface area contributed by atoms with E-state index in [1.165, 1.54) is 135 Å². The molecule has 0 amide bonds. The van der Waals surface area contributed by atoms with Crippen molar-refractivity contribution in [3.05, 3.63) is 0 Å². The Bertz CT molecular complexity index is 474. The first kappa shape index (κ1) is 36.4. The van der Waals surface area contributed by atoms with E-state index in [4.69, 9.17) is 4.74 Å². The first-order valence-electron chi connectivity index (χ1n) is 16.8. The van der Waals surface area contributed by atoms with Gasteiger partial charge in [0.1, 0.15) is 5.60 Å². The molecule has 0 fully saturated rings. The first-order chi connectivity index (χ1) is 17.9. The van der Waals surface area contributed by atoms with Gasteiger partial charge in [0.2, 0.25) is 0 Å². The number of rotatable bonds is 29. The number of carbonyl (C=O) groups excluding carboxylic acids is 1. The fraction of sp³-hybridized carbons (Fsp3) is 0.971. The molecule has 1 N–H and O–H groups in total. The van der Waals surface area contributed by atoms with Crippen LogP contribution in [0.25, 0.3) is 0 Å². The van der Waals surface area contributed by atoms with E-state index in [0.29, 0.717) is 6.42 Å². The summed E-state index contributed by atoms with van der Waals surface area (Å²) in [6.07, 6.45) is 33.4. The highest BCUT2D eigenvalue weighted by molar-refractivity contribution is 5.69. The zero-order chi connectivity index (χ0) is 27.5. The van der Waals surface area contributed by atoms with Crippen LogP contribution < -0.4 is 0 Å². The summed E-state index contributed by atoms with van der Waals surface area (Å²) in [4.78, 5) is 12.3. The molecule has 0 aromatic heterocycles. The number of hydrogen-bond acceptors (Lipinski definition) is 3. The van der Waals surface area contributed by atoms with Crippen LogP contribution in [0.5, 0.6) is 0 Å². The van der Waals surface area contributed by atoms with Crippen LogP contribution in [0, 0.1) is 0 Å². The summed E-state index contributed by atoms with van der Waals surface area (Å²) < 4.78 is 5.66. The van der Waals surface area contributed by atoms with Crippen LogP contribution in [0.2, 0.25) is 0 Å². The van der Waals surface area contributed by atoms with Crippen molar-refractivity contribution < 1.29 is 14.6 Å². The Kier molecular flexibility index (Phi) is 26.6. The molecule has 0 bridgehead atoms. The zero-order valence-corrected chi connectivity index (χ0v) is 25.9. The third-order valence-corrected chi connectivity index (χ3v) is 7.99. The van der Waals surface area contributed by atoms with Crippen molar-refractivity contribution in [3.63, 3.8) is 0 Å². The van der Waals surface area contributed by atoms with Crippen molar-refractivity contribution in [3.8, 4) is 0 Å². The summed E-state index contributed by atoms with van der Waals surface area (Å²) in [5.74, 6) is -0.154. The number of esters is 1. The maximum Gasteiger partial charge on any atom is 0.306 e. The van der Waals surface area contributed by atoms with E-state index >= 15 is 0 Å². The smallest absolute Gasteiger partial charge is 0.306 e. The fourth-order valence-corrected chi connectivity index (χ4v) is 5.23. The molecule has 3 heteroatoms. The largest absolute Gasteiger partial charge is 0.457 e. The van der Waals surface area contributed by atoms with Gasteiger partial charge in [-0.25, -0.2) is 0 Å². The first-order valence-corrected chi connectivity index (χ1v) is 16.8. The molecule has 0 aliphatic rings. The maximum atomic E-state index is 12.3. The number of ether oxygens (including phenoxy) is 1. The second kappa shape index (κ2) is 27.0. The second-order valence-corrected chi connectivity index (χ2v) is 12.3. The molecule has 0 radical (unpaired) electrons. The minimum absolute atomic E-state index is 0.154. The van der Waals surface area contributed by atoms with Crippen molar-refractivity contribution >= 4 is 5.97 Å². The van der Waals surface area contributed by atoms with Crippen LogP contribution in [-0.4, -0.2) is 22.8 Å². The van der Waals surface area contributed by atoms with Crippen molar-refractivity contribution in [2.45, 2.75) is 213 Å². The summed E-state index contributed by atoms with van der Waals surface area (Å²) >= 11 is 0. The summed E-state index contributed by atoms with van der Waals surface area (Å²) in [5.41, 5.74) is -0.786. The van der Waals surface area contributed by atoms with Crippen molar-refractivity contribution in [1.82, 2.24) is 0 Å². The van der Waals surface area contributed by atoms with Gasteiger partial charge in [-0.1, -0.05) is 168 Å². The third kappa shape index (κ3) is 25.5. The normalized spacial score (nSPS) is 12.7. The molecular formula is C34H68O3. The van der Waals surface area contributed by atoms with E-state index in [1.807, 2.05) is 13.8 Å². The Morgan fingerprint density at radius 3 is 1.19 bits per heavy atom.